The number of oxime groups is 1. The molecule has 1 rings (SSSR count). The quantitative estimate of drug-likeness (QED) is 0.520. The molecule has 0 N–H and O–H groups in total. The van der Waals surface area contributed by atoms with Crippen LogP contribution in [0.1, 0.15) is 13.3 Å². The molecule has 0 spiro atoms. The lowest BCUT2D eigenvalue weighted by Gasteiger charge is -2.19. The third-order valence-corrected chi connectivity index (χ3v) is 2.06. The Hall–Kier alpha value is -0.540. The first-order chi connectivity index (χ1) is 6.34. The van der Waals surface area contributed by atoms with E-state index in [0.717, 1.165) is 25.3 Å². The van der Waals surface area contributed by atoms with Crippen molar-refractivity contribution in [3.8, 4) is 0 Å². The van der Waals surface area contributed by atoms with Gasteiger partial charge in [0.25, 0.3) is 0 Å². The van der Waals surface area contributed by atoms with Crippen molar-refractivity contribution in [2.24, 2.45) is 11.1 Å². The van der Waals surface area contributed by atoms with Gasteiger partial charge in [0.2, 0.25) is 0 Å². The Balaban J connectivity index is 2.30. The number of hydrogen-bond acceptors (Lipinski definition) is 3. The molecule has 1 aliphatic rings. The van der Waals surface area contributed by atoms with Crippen LogP contribution in [0.2, 0.25) is 0 Å². The highest BCUT2D eigenvalue weighted by molar-refractivity contribution is 6.25. The molecular formula is C9H14ClNO2. The van der Waals surface area contributed by atoms with Gasteiger partial charge < -0.3 is 9.57 Å². The molecule has 1 aliphatic heterocycles. The summed E-state index contributed by atoms with van der Waals surface area (Å²) in [6, 6.07) is 0. The van der Waals surface area contributed by atoms with Crippen molar-refractivity contribution in [3.05, 3.63) is 11.6 Å². The zero-order chi connectivity index (χ0) is 9.52. The van der Waals surface area contributed by atoms with Crippen LogP contribution in [0.4, 0.5) is 0 Å². The van der Waals surface area contributed by atoms with Gasteiger partial charge >= 0.3 is 0 Å². The highest BCUT2D eigenvalue weighted by Gasteiger charge is 2.16. The molecular weight excluding hydrogens is 190 g/mol. The first kappa shape index (κ1) is 10.5. The molecule has 3 nitrogen and oxygen atoms in total. The van der Waals surface area contributed by atoms with E-state index in [9.17, 15) is 0 Å². The lowest BCUT2D eigenvalue weighted by atomic mass is 10.0. The molecule has 0 aromatic carbocycles. The molecule has 0 aliphatic carbocycles. The fourth-order valence-corrected chi connectivity index (χ4v) is 1.19. The number of rotatable bonds is 3. The van der Waals surface area contributed by atoms with Crippen molar-refractivity contribution >= 4 is 17.3 Å². The largest absolute Gasteiger partial charge is 0.392 e. The summed E-state index contributed by atoms with van der Waals surface area (Å²) in [4.78, 5) is 5.05. The van der Waals surface area contributed by atoms with E-state index in [1.54, 1.807) is 6.08 Å². The van der Waals surface area contributed by atoms with E-state index >= 15 is 0 Å². The average molecular weight is 204 g/mol. The van der Waals surface area contributed by atoms with Crippen LogP contribution in [0.5, 0.6) is 0 Å². The first-order valence-corrected chi connectivity index (χ1v) is 4.80. The minimum Gasteiger partial charge on any atom is -0.392 e. The normalized spacial score (nSPS) is 26.9. The van der Waals surface area contributed by atoms with Crippen LogP contribution >= 0.6 is 11.6 Å². The summed E-state index contributed by atoms with van der Waals surface area (Å²) in [6.45, 7) is 4.00. The van der Waals surface area contributed by atoms with Crippen LogP contribution in [-0.2, 0) is 9.57 Å². The van der Waals surface area contributed by atoms with Crippen LogP contribution in [0.25, 0.3) is 0 Å². The standard InChI is InChI=1S/C9H14ClNO2/c1-8-7-12-6-3-9(8)11-13-5-2-4-10/h2,4,8H,3,5-7H2,1H3/b4-2+,11-9+. The Morgan fingerprint density at radius 3 is 3.31 bits per heavy atom. The van der Waals surface area contributed by atoms with E-state index in [1.807, 2.05) is 0 Å². The van der Waals surface area contributed by atoms with Gasteiger partial charge in [0, 0.05) is 17.9 Å². The molecule has 0 amide bonds. The Kier molecular flexibility index (Phi) is 4.86. The van der Waals surface area contributed by atoms with Gasteiger partial charge in [0.1, 0.15) is 6.61 Å². The van der Waals surface area contributed by atoms with E-state index in [1.165, 1.54) is 5.54 Å². The van der Waals surface area contributed by atoms with Crippen LogP contribution in [0, 0.1) is 5.92 Å². The minimum atomic E-state index is 0.369. The molecule has 0 bridgehead atoms. The zero-order valence-corrected chi connectivity index (χ0v) is 8.46. The van der Waals surface area contributed by atoms with Gasteiger partial charge in [-0.25, -0.2) is 0 Å². The third kappa shape index (κ3) is 3.79. The molecule has 0 saturated carbocycles. The molecule has 0 radical (unpaired) electrons. The van der Waals surface area contributed by atoms with Crippen LogP contribution in [0.3, 0.4) is 0 Å². The summed E-state index contributed by atoms with van der Waals surface area (Å²) in [5, 5.41) is 4.03. The van der Waals surface area contributed by atoms with Crippen molar-refractivity contribution in [1.29, 1.82) is 0 Å². The van der Waals surface area contributed by atoms with Crippen LogP contribution in [0.15, 0.2) is 16.8 Å². The van der Waals surface area contributed by atoms with E-state index in [0.29, 0.717) is 12.5 Å². The molecule has 74 valence electrons. The Morgan fingerprint density at radius 2 is 2.62 bits per heavy atom. The molecule has 0 aromatic rings. The van der Waals surface area contributed by atoms with Crippen molar-refractivity contribution in [2.75, 3.05) is 19.8 Å². The second kappa shape index (κ2) is 6.00. The van der Waals surface area contributed by atoms with E-state index in [4.69, 9.17) is 21.2 Å². The van der Waals surface area contributed by atoms with Gasteiger partial charge in [-0.1, -0.05) is 23.7 Å². The van der Waals surface area contributed by atoms with Crippen LogP contribution < -0.4 is 0 Å². The average Bonchev–Trinajstić information content (AvgIpc) is 2.15. The number of nitrogens with zero attached hydrogens (tertiary/aromatic N) is 1. The SMILES string of the molecule is CC1COCC/C1=N\OC/C=C/Cl. The molecule has 1 unspecified atom stereocenters. The predicted molar refractivity (Wildman–Crippen MR) is 53.0 cm³/mol. The van der Waals surface area contributed by atoms with Gasteiger partial charge in [0.05, 0.1) is 18.9 Å². The maximum absolute atomic E-state index is 5.32. The van der Waals surface area contributed by atoms with Gasteiger partial charge in [-0.3, -0.25) is 0 Å². The minimum absolute atomic E-state index is 0.369. The molecule has 1 saturated heterocycles. The van der Waals surface area contributed by atoms with Gasteiger partial charge in [-0.05, 0) is 6.08 Å². The number of hydrogen-bond donors (Lipinski definition) is 0. The molecule has 1 atom stereocenters. The fraction of sp³-hybridized carbons (Fsp3) is 0.667. The molecule has 13 heavy (non-hydrogen) atoms. The lowest BCUT2D eigenvalue weighted by molar-refractivity contribution is 0.102. The Labute approximate surface area is 83.3 Å². The van der Waals surface area contributed by atoms with Crippen molar-refractivity contribution < 1.29 is 9.57 Å². The molecule has 1 fully saturated rings. The first-order valence-electron chi connectivity index (χ1n) is 4.36. The number of halogens is 1. The highest BCUT2D eigenvalue weighted by atomic mass is 35.5. The smallest absolute Gasteiger partial charge is 0.136 e. The summed E-state index contributed by atoms with van der Waals surface area (Å²) in [5.41, 5.74) is 2.50. The monoisotopic (exact) mass is 203 g/mol. The fourth-order valence-electron chi connectivity index (χ4n) is 1.11. The van der Waals surface area contributed by atoms with Gasteiger partial charge in [-0.2, -0.15) is 0 Å². The number of ether oxygens (including phenoxy) is 1. The lowest BCUT2D eigenvalue weighted by Crippen LogP contribution is -2.25. The zero-order valence-electron chi connectivity index (χ0n) is 7.70. The maximum Gasteiger partial charge on any atom is 0.136 e. The van der Waals surface area contributed by atoms with Crippen molar-refractivity contribution in [1.82, 2.24) is 0 Å². The summed E-state index contributed by atoms with van der Waals surface area (Å²) in [6.07, 6.45) is 2.57. The second-order valence-electron chi connectivity index (χ2n) is 2.97. The van der Waals surface area contributed by atoms with Crippen LogP contribution in [-0.4, -0.2) is 25.5 Å². The predicted octanol–water partition coefficient (Wildman–Crippen LogP) is 2.17. The summed E-state index contributed by atoms with van der Waals surface area (Å²) in [7, 11) is 0. The Bertz CT molecular complexity index is 204. The molecule has 1 heterocycles. The summed E-state index contributed by atoms with van der Waals surface area (Å²) >= 11 is 5.32. The third-order valence-electron chi connectivity index (χ3n) is 1.88. The molecule has 0 aromatic heterocycles. The molecule has 4 heteroatoms. The van der Waals surface area contributed by atoms with Gasteiger partial charge in [-0.15, -0.1) is 0 Å². The van der Waals surface area contributed by atoms with E-state index in [2.05, 4.69) is 12.1 Å². The van der Waals surface area contributed by atoms with E-state index in [-0.39, 0.29) is 0 Å². The Morgan fingerprint density at radius 1 is 1.77 bits per heavy atom. The highest BCUT2D eigenvalue weighted by Crippen LogP contribution is 2.10. The van der Waals surface area contributed by atoms with Crippen molar-refractivity contribution in [3.63, 3.8) is 0 Å². The maximum atomic E-state index is 5.32. The van der Waals surface area contributed by atoms with Crippen molar-refractivity contribution in [2.45, 2.75) is 13.3 Å². The van der Waals surface area contributed by atoms with Gasteiger partial charge in [0.15, 0.2) is 0 Å². The second-order valence-corrected chi connectivity index (χ2v) is 3.22. The van der Waals surface area contributed by atoms with E-state index < -0.39 is 0 Å². The summed E-state index contributed by atoms with van der Waals surface area (Å²) < 4.78 is 5.27. The summed E-state index contributed by atoms with van der Waals surface area (Å²) in [5.74, 6) is 0.369. The topological polar surface area (TPSA) is 30.8 Å².